The lowest BCUT2D eigenvalue weighted by Gasteiger charge is -2.17. The minimum Gasteiger partial charge on any atom is -0.382 e. The Balaban J connectivity index is 1.96. The molecule has 2 aromatic rings. The van der Waals surface area contributed by atoms with E-state index in [2.05, 4.69) is 14.3 Å². The molecule has 0 aromatic carbocycles. The van der Waals surface area contributed by atoms with Crippen LogP contribution in [-0.2, 0) is 4.74 Å². The van der Waals surface area contributed by atoms with E-state index < -0.39 is 0 Å². The summed E-state index contributed by atoms with van der Waals surface area (Å²) in [6.07, 6.45) is 4.90. The maximum absolute atomic E-state index is 6.03. The molecule has 1 atom stereocenters. The summed E-state index contributed by atoms with van der Waals surface area (Å²) in [6.45, 7) is 1.88. The zero-order valence-electron chi connectivity index (χ0n) is 10.7. The maximum Gasteiger partial charge on any atom is 0.147 e. The summed E-state index contributed by atoms with van der Waals surface area (Å²) in [5, 5.41) is 1.13. The Hall–Kier alpha value is -1.66. The van der Waals surface area contributed by atoms with Crippen LogP contribution in [0.1, 0.15) is 6.42 Å². The van der Waals surface area contributed by atoms with E-state index in [0.717, 1.165) is 35.6 Å². The molecule has 0 bridgehead atoms. The van der Waals surface area contributed by atoms with Crippen molar-refractivity contribution in [2.75, 3.05) is 30.8 Å². The number of hydrogen-bond acceptors (Lipinski definition) is 6. The van der Waals surface area contributed by atoms with Crippen LogP contribution in [0.5, 0.6) is 0 Å². The van der Waals surface area contributed by atoms with Crippen LogP contribution < -0.4 is 10.6 Å². The number of pyridine rings is 1. The van der Waals surface area contributed by atoms with Gasteiger partial charge in [-0.3, -0.25) is 4.98 Å². The highest BCUT2D eigenvalue weighted by atomic mass is 32.1. The van der Waals surface area contributed by atoms with Crippen molar-refractivity contribution >= 4 is 22.4 Å². The number of nitrogens with two attached hydrogens (primary N) is 1. The highest BCUT2D eigenvalue weighted by molar-refractivity contribution is 7.11. The zero-order chi connectivity index (χ0) is 13.2. The largest absolute Gasteiger partial charge is 0.382 e. The standard InChI is InChI=1S/C13H16N4OS/c1-18-10-4-7-17(8-10)13-11(12(14)16-19-13)9-2-5-15-6-3-9/h2-3,5-6,10H,4,7-8H2,1H3,(H2,14,16). The van der Waals surface area contributed by atoms with Crippen LogP contribution in [0.4, 0.5) is 10.8 Å². The van der Waals surface area contributed by atoms with Gasteiger partial charge in [-0.2, -0.15) is 4.37 Å². The van der Waals surface area contributed by atoms with Crippen molar-refractivity contribution in [3.8, 4) is 11.1 Å². The smallest absolute Gasteiger partial charge is 0.147 e. The molecule has 19 heavy (non-hydrogen) atoms. The molecule has 1 fully saturated rings. The second-order valence-corrected chi connectivity index (χ2v) is 5.33. The van der Waals surface area contributed by atoms with Crippen molar-refractivity contribution in [1.82, 2.24) is 9.36 Å². The third-order valence-electron chi connectivity index (χ3n) is 3.44. The molecule has 0 saturated carbocycles. The number of nitrogen functional groups attached to an aromatic ring is 1. The van der Waals surface area contributed by atoms with E-state index in [1.165, 1.54) is 11.5 Å². The molecule has 2 N–H and O–H groups in total. The summed E-state index contributed by atoms with van der Waals surface area (Å²) in [7, 11) is 1.76. The number of hydrogen-bond donors (Lipinski definition) is 1. The van der Waals surface area contributed by atoms with Gasteiger partial charge in [0, 0.05) is 32.6 Å². The fourth-order valence-electron chi connectivity index (χ4n) is 2.40. The molecule has 6 heteroatoms. The van der Waals surface area contributed by atoms with Gasteiger partial charge in [0.2, 0.25) is 0 Å². The first-order valence-corrected chi connectivity index (χ1v) is 7.00. The van der Waals surface area contributed by atoms with Crippen molar-refractivity contribution in [1.29, 1.82) is 0 Å². The summed E-state index contributed by atoms with van der Waals surface area (Å²) in [5.74, 6) is 0.590. The monoisotopic (exact) mass is 276 g/mol. The fourth-order valence-corrected chi connectivity index (χ4v) is 3.28. The SMILES string of the molecule is COC1CCN(c2snc(N)c2-c2ccncc2)C1. The molecule has 0 aliphatic carbocycles. The normalized spacial score (nSPS) is 19.0. The van der Waals surface area contributed by atoms with Gasteiger partial charge in [0.05, 0.1) is 11.7 Å². The van der Waals surface area contributed by atoms with Crippen molar-refractivity contribution in [3.63, 3.8) is 0 Å². The van der Waals surface area contributed by atoms with Crippen LogP contribution in [0.2, 0.25) is 0 Å². The van der Waals surface area contributed by atoms with Crippen LogP contribution in [-0.4, -0.2) is 35.7 Å². The van der Waals surface area contributed by atoms with E-state index in [4.69, 9.17) is 10.5 Å². The zero-order valence-corrected chi connectivity index (χ0v) is 11.6. The van der Waals surface area contributed by atoms with Gasteiger partial charge in [-0.05, 0) is 35.6 Å². The quantitative estimate of drug-likeness (QED) is 0.929. The van der Waals surface area contributed by atoms with E-state index >= 15 is 0 Å². The van der Waals surface area contributed by atoms with Gasteiger partial charge >= 0.3 is 0 Å². The van der Waals surface area contributed by atoms with Crippen LogP contribution in [0.3, 0.4) is 0 Å². The Morgan fingerprint density at radius 1 is 1.42 bits per heavy atom. The lowest BCUT2D eigenvalue weighted by atomic mass is 10.1. The molecule has 0 spiro atoms. The van der Waals surface area contributed by atoms with Crippen molar-refractivity contribution in [2.45, 2.75) is 12.5 Å². The molecule has 2 aromatic heterocycles. The second-order valence-electron chi connectivity index (χ2n) is 4.58. The molecule has 1 saturated heterocycles. The highest BCUT2D eigenvalue weighted by Crippen LogP contribution is 2.40. The van der Waals surface area contributed by atoms with Gasteiger partial charge in [0.25, 0.3) is 0 Å². The molecule has 0 amide bonds. The number of nitrogens with zero attached hydrogens (tertiary/aromatic N) is 3. The first kappa shape index (κ1) is 12.4. The van der Waals surface area contributed by atoms with Gasteiger partial charge in [-0.25, -0.2) is 0 Å². The van der Waals surface area contributed by atoms with Crippen LogP contribution in [0, 0.1) is 0 Å². The van der Waals surface area contributed by atoms with Crippen molar-refractivity contribution in [2.24, 2.45) is 0 Å². The molecule has 100 valence electrons. The Morgan fingerprint density at radius 3 is 2.89 bits per heavy atom. The minimum absolute atomic E-state index is 0.300. The van der Waals surface area contributed by atoms with Crippen molar-refractivity contribution < 1.29 is 4.74 Å². The Labute approximate surface area is 116 Å². The number of methoxy groups -OCH3 is 1. The lowest BCUT2D eigenvalue weighted by molar-refractivity contribution is 0.121. The summed E-state index contributed by atoms with van der Waals surface area (Å²) in [6, 6.07) is 3.93. The fraction of sp³-hybridized carbons (Fsp3) is 0.385. The first-order valence-electron chi connectivity index (χ1n) is 6.23. The molecule has 5 nitrogen and oxygen atoms in total. The molecule has 0 radical (unpaired) electrons. The van der Waals surface area contributed by atoms with Crippen LogP contribution in [0.25, 0.3) is 11.1 Å². The van der Waals surface area contributed by atoms with Gasteiger partial charge in [0.15, 0.2) is 0 Å². The number of ether oxygens (including phenoxy) is 1. The number of anilines is 2. The predicted octanol–water partition coefficient (Wildman–Crippen LogP) is 2.01. The van der Waals surface area contributed by atoms with Gasteiger partial charge in [0.1, 0.15) is 10.8 Å². The van der Waals surface area contributed by atoms with E-state index in [0.29, 0.717) is 11.9 Å². The third kappa shape index (κ3) is 2.29. The molecular weight excluding hydrogens is 260 g/mol. The Kier molecular flexibility index (Phi) is 3.35. The minimum atomic E-state index is 0.300. The molecule has 1 aliphatic rings. The predicted molar refractivity (Wildman–Crippen MR) is 77.4 cm³/mol. The topological polar surface area (TPSA) is 64.3 Å². The second kappa shape index (κ2) is 5.14. The van der Waals surface area contributed by atoms with E-state index in [1.54, 1.807) is 19.5 Å². The van der Waals surface area contributed by atoms with Crippen molar-refractivity contribution in [3.05, 3.63) is 24.5 Å². The van der Waals surface area contributed by atoms with E-state index in [-0.39, 0.29) is 0 Å². The number of aromatic nitrogens is 2. The van der Waals surface area contributed by atoms with Crippen LogP contribution >= 0.6 is 11.5 Å². The average molecular weight is 276 g/mol. The molecule has 3 heterocycles. The van der Waals surface area contributed by atoms with E-state index in [1.807, 2.05) is 12.1 Å². The summed E-state index contributed by atoms with van der Waals surface area (Å²) in [4.78, 5) is 6.35. The number of rotatable bonds is 3. The summed E-state index contributed by atoms with van der Waals surface area (Å²) >= 11 is 1.46. The molecule has 3 rings (SSSR count). The third-order valence-corrected chi connectivity index (χ3v) is 4.36. The Bertz CT molecular complexity index is 557. The maximum atomic E-state index is 6.03. The average Bonchev–Trinajstić information content (AvgIpc) is 3.05. The highest BCUT2D eigenvalue weighted by Gasteiger charge is 2.27. The lowest BCUT2D eigenvalue weighted by Crippen LogP contribution is -2.21. The Morgan fingerprint density at radius 2 is 2.21 bits per heavy atom. The van der Waals surface area contributed by atoms with Gasteiger partial charge in [-0.1, -0.05) is 0 Å². The van der Waals surface area contributed by atoms with E-state index in [9.17, 15) is 0 Å². The summed E-state index contributed by atoms with van der Waals surface area (Å²) in [5.41, 5.74) is 8.11. The summed E-state index contributed by atoms with van der Waals surface area (Å²) < 4.78 is 9.72. The molecule has 1 unspecified atom stereocenters. The van der Waals surface area contributed by atoms with Crippen LogP contribution in [0.15, 0.2) is 24.5 Å². The molecular formula is C13H16N4OS. The first-order chi connectivity index (χ1) is 9.29. The van der Waals surface area contributed by atoms with Gasteiger partial charge < -0.3 is 15.4 Å². The van der Waals surface area contributed by atoms with Gasteiger partial charge in [-0.15, -0.1) is 0 Å². The molecule has 1 aliphatic heterocycles.